The zero-order chi connectivity index (χ0) is 10.7. The summed E-state index contributed by atoms with van der Waals surface area (Å²) in [5.41, 5.74) is 0. The largest absolute Gasteiger partial charge is 1.00 e. The summed E-state index contributed by atoms with van der Waals surface area (Å²) in [6.45, 7) is 3.43. The van der Waals surface area contributed by atoms with Crippen LogP contribution in [-0.2, 0) is 9.30 Å². The third-order valence-electron chi connectivity index (χ3n) is 0.827. The molecule has 6 nitrogen and oxygen atoms in total. The van der Waals surface area contributed by atoms with Crippen LogP contribution in [0.5, 0.6) is 0 Å². The van der Waals surface area contributed by atoms with Crippen LogP contribution in [0.25, 0.3) is 0 Å². The van der Waals surface area contributed by atoms with Gasteiger partial charge in [0.1, 0.15) is 0 Å². The molecule has 0 aromatic carbocycles. The van der Waals surface area contributed by atoms with Crippen molar-refractivity contribution in [2.75, 3.05) is 13.2 Å². The number of rotatable bonds is 0. The topological polar surface area (TPSA) is 114 Å². The van der Waals surface area contributed by atoms with Crippen LogP contribution in [0.2, 0.25) is 0 Å². The molecule has 8 heteroatoms. The molecule has 0 saturated carbocycles. The quantitative estimate of drug-likeness (QED) is 0.336. The van der Waals surface area contributed by atoms with Crippen molar-refractivity contribution in [3.8, 4) is 6.07 Å². The van der Waals surface area contributed by atoms with Crippen LogP contribution >= 0.6 is 7.82 Å². The van der Waals surface area contributed by atoms with E-state index in [4.69, 9.17) is 29.2 Å². The second kappa shape index (κ2) is 13.6. The molecule has 1 saturated heterocycles. The molecule has 1 aliphatic heterocycles. The van der Waals surface area contributed by atoms with Crippen molar-refractivity contribution in [2.24, 2.45) is 0 Å². The van der Waals surface area contributed by atoms with Crippen molar-refractivity contribution in [2.45, 2.75) is 19.8 Å². The summed E-state index contributed by atoms with van der Waals surface area (Å²) in [7, 11) is -4.89. The van der Waals surface area contributed by atoms with E-state index in [1.807, 2.05) is 0 Å². The van der Waals surface area contributed by atoms with Crippen LogP contribution in [0.15, 0.2) is 0 Å². The van der Waals surface area contributed by atoms with Crippen molar-refractivity contribution < 1.29 is 53.5 Å². The molecule has 0 atom stereocenters. The number of nitriles is 1. The number of phosphoric acid groups is 1. The zero-order valence-electron chi connectivity index (χ0n) is 8.34. The normalized spacial score (nSPS) is 13.4. The zero-order valence-corrected chi connectivity index (χ0v) is 11.2. The average Bonchev–Trinajstić information content (AvgIpc) is 2.36. The Bertz CT molecular complexity index is 169. The molecule has 0 spiro atoms. The first-order valence-corrected chi connectivity index (χ1v) is 5.10. The Balaban J connectivity index is -0.000000130. The predicted molar refractivity (Wildman–Crippen MR) is 43.4 cm³/mol. The second-order valence-electron chi connectivity index (χ2n) is 2.03. The van der Waals surface area contributed by atoms with E-state index in [2.05, 4.69) is 0 Å². The fraction of sp³-hybridized carbons (Fsp3) is 0.833. The van der Waals surface area contributed by atoms with E-state index in [-0.39, 0.29) is 29.6 Å². The van der Waals surface area contributed by atoms with Gasteiger partial charge < -0.3 is 19.4 Å². The molecule has 0 aliphatic carbocycles. The van der Waals surface area contributed by atoms with Gasteiger partial charge in [-0.25, -0.2) is 0 Å². The molecular weight excluding hydrogens is 220 g/mol. The van der Waals surface area contributed by atoms with Gasteiger partial charge in [0.25, 0.3) is 7.82 Å². The molecule has 2 N–H and O–H groups in total. The van der Waals surface area contributed by atoms with Gasteiger partial charge in [-0.2, -0.15) is 5.26 Å². The van der Waals surface area contributed by atoms with Gasteiger partial charge in [0.05, 0.1) is 6.07 Å². The molecule has 0 bridgehead atoms. The molecule has 1 fully saturated rings. The molecular formula is C6H13NNaO5P. The van der Waals surface area contributed by atoms with Crippen molar-refractivity contribution in [1.29, 1.82) is 5.26 Å². The summed E-state index contributed by atoms with van der Waals surface area (Å²) in [4.78, 5) is 22.9. The van der Waals surface area contributed by atoms with E-state index in [0.717, 1.165) is 13.2 Å². The van der Waals surface area contributed by atoms with E-state index in [1.54, 1.807) is 6.07 Å². The van der Waals surface area contributed by atoms with E-state index >= 15 is 0 Å². The standard InChI is InChI=1S/C4H8O.C2H3N.Na.H3O4P/c1-2-4-5-3-1;1-2-3;;1-5(2,3)4/h1-4H2;1H3;;(H3,1,2,3,4)/q;;+1;/p-1. The summed E-state index contributed by atoms with van der Waals surface area (Å²) in [6.07, 6.45) is 2.56. The minimum absolute atomic E-state index is 0. The fourth-order valence-corrected chi connectivity index (χ4v) is 0.510. The Morgan fingerprint density at radius 2 is 1.64 bits per heavy atom. The number of nitrogens with zero attached hydrogens (tertiary/aromatic N) is 1. The van der Waals surface area contributed by atoms with Crippen molar-refractivity contribution in [1.82, 2.24) is 0 Å². The minimum atomic E-state index is -4.89. The van der Waals surface area contributed by atoms with Crippen LogP contribution in [0, 0.1) is 11.3 Å². The molecule has 78 valence electrons. The van der Waals surface area contributed by atoms with E-state index in [9.17, 15) is 0 Å². The first kappa shape index (κ1) is 20.0. The molecule has 0 unspecified atom stereocenters. The molecule has 0 amide bonds. The Morgan fingerprint density at radius 3 is 1.71 bits per heavy atom. The van der Waals surface area contributed by atoms with Gasteiger partial charge in [0.15, 0.2) is 0 Å². The summed E-state index contributed by atoms with van der Waals surface area (Å²) >= 11 is 0. The van der Waals surface area contributed by atoms with Gasteiger partial charge >= 0.3 is 29.6 Å². The van der Waals surface area contributed by atoms with E-state index in [1.165, 1.54) is 19.8 Å². The summed E-state index contributed by atoms with van der Waals surface area (Å²) in [5, 5.41) is 7.32. The van der Waals surface area contributed by atoms with Crippen LogP contribution in [0.1, 0.15) is 19.8 Å². The summed E-state index contributed by atoms with van der Waals surface area (Å²) in [6, 6.07) is 1.75. The molecule has 14 heavy (non-hydrogen) atoms. The fourth-order valence-electron chi connectivity index (χ4n) is 0.510. The van der Waals surface area contributed by atoms with Crippen LogP contribution in [0.3, 0.4) is 0 Å². The number of hydrogen-bond acceptors (Lipinski definition) is 4. The van der Waals surface area contributed by atoms with Crippen LogP contribution in [-0.4, -0.2) is 23.0 Å². The summed E-state index contributed by atoms with van der Waals surface area (Å²) < 4.78 is 13.7. The van der Waals surface area contributed by atoms with Crippen LogP contribution < -0.4 is 34.5 Å². The average molecular weight is 233 g/mol. The van der Waals surface area contributed by atoms with Gasteiger partial charge in [0, 0.05) is 20.1 Å². The Morgan fingerprint density at radius 1 is 1.43 bits per heavy atom. The third kappa shape index (κ3) is 54.3. The molecule has 0 radical (unpaired) electrons. The Labute approximate surface area is 105 Å². The number of ether oxygens (including phenoxy) is 1. The first-order valence-electron chi connectivity index (χ1n) is 3.57. The third-order valence-corrected chi connectivity index (χ3v) is 0.827. The van der Waals surface area contributed by atoms with Gasteiger partial charge in [-0.1, -0.05) is 0 Å². The summed E-state index contributed by atoms with van der Waals surface area (Å²) in [5.74, 6) is 0. The second-order valence-corrected chi connectivity index (χ2v) is 3.01. The van der Waals surface area contributed by atoms with Crippen molar-refractivity contribution in [3.05, 3.63) is 0 Å². The first-order chi connectivity index (χ1) is 5.91. The maximum atomic E-state index is 8.77. The molecule has 0 aromatic heterocycles. The monoisotopic (exact) mass is 233 g/mol. The Hall–Kier alpha value is 0.560. The Kier molecular flexibility index (Phi) is 19.4. The molecule has 1 aliphatic rings. The van der Waals surface area contributed by atoms with E-state index < -0.39 is 7.82 Å². The number of hydrogen-bond donors (Lipinski definition) is 2. The van der Waals surface area contributed by atoms with E-state index in [0.29, 0.717) is 0 Å². The van der Waals surface area contributed by atoms with Crippen molar-refractivity contribution in [3.63, 3.8) is 0 Å². The smallest absolute Gasteiger partial charge is 0.756 e. The maximum Gasteiger partial charge on any atom is 1.00 e. The minimum Gasteiger partial charge on any atom is -0.756 e. The SMILES string of the molecule is C1CCOC1.CC#N.O=P([O-])(O)O.[Na+]. The molecule has 0 aromatic rings. The van der Waals surface area contributed by atoms with Gasteiger partial charge in [-0.15, -0.1) is 0 Å². The maximum absolute atomic E-state index is 8.77. The van der Waals surface area contributed by atoms with Crippen molar-refractivity contribution >= 4 is 7.82 Å². The van der Waals surface area contributed by atoms with Gasteiger partial charge in [-0.3, -0.25) is 4.57 Å². The predicted octanol–water partition coefficient (Wildman–Crippen LogP) is -3.23. The molecule has 1 heterocycles. The molecule has 1 rings (SSSR count). The van der Waals surface area contributed by atoms with Gasteiger partial charge in [-0.05, 0) is 12.8 Å². The van der Waals surface area contributed by atoms with Crippen LogP contribution in [0.4, 0.5) is 0 Å². The van der Waals surface area contributed by atoms with Gasteiger partial charge in [0.2, 0.25) is 0 Å².